The van der Waals surface area contributed by atoms with Crippen molar-refractivity contribution in [1.29, 1.82) is 0 Å². The Hall–Kier alpha value is -0.920. The summed E-state index contributed by atoms with van der Waals surface area (Å²) in [7, 11) is 1.54. The summed E-state index contributed by atoms with van der Waals surface area (Å²) < 4.78 is 5.20. The Labute approximate surface area is 101 Å². The third kappa shape index (κ3) is 3.92. The van der Waals surface area contributed by atoms with Crippen LogP contribution in [0.1, 0.15) is 6.42 Å². The standard InChI is InChI=1S/C9H14BrN3O3/c1-16-5-6(14)2-3-11-7-4-12-13-9(15)8(7)10/h4,6,14H,2-3,5H2,1H3,(H2,11,13,15). The number of ether oxygens (including phenoxy) is 1. The molecule has 0 saturated carbocycles. The van der Waals surface area contributed by atoms with E-state index in [1.54, 1.807) is 0 Å². The van der Waals surface area contributed by atoms with E-state index in [2.05, 4.69) is 31.4 Å². The minimum absolute atomic E-state index is 0.289. The molecular weight excluding hydrogens is 278 g/mol. The maximum Gasteiger partial charge on any atom is 0.280 e. The van der Waals surface area contributed by atoms with E-state index in [4.69, 9.17) is 4.74 Å². The summed E-state index contributed by atoms with van der Waals surface area (Å²) >= 11 is 3.14. The fourth-order valence-corrected chi connectivity index (χ4v) is 1.49. The lowest BCUT2D eigenvalue weighted by molar-refractivity contribution is 0.0615. The van der Waals surface area contributed by atoms with Gasteiger partial charge >= 0.3 is 0 Å². The summed E-state index contributed by atoms with van der Waals surface area (Å²) in [6, 6.07) is 0. The summed E-state index contributed by atoms with van der Waals surface area (Å²) in [6.07, 6.45) is 1.53. The second-order valence-corrected chi connectivity index (χ2v) is 4.04. The normalized spacial score (nSPS) is 12.4. The van der Waals surface area contributed by atoms with E-state index in [1.165, 1.54) is 13.3 Å². The van der Waals surface area contributed by atoms with Crippen LogP contribution in [0.15, 0.2) is 15.5 Å². The highest BCUT2D eigenvalue weighted by molar-refractivity contribution is 9.10. The number of hydrogen-bond donors (Lipinski definition) is 3. The largest absolute Gasteiger partial charge is 0.391 e. The number of H-pyrrole nitrogens is 1. The van der Waals surface area contributed by atoms with Crippen molar-refractivity contribution >= 4 is 21.6 Å². The quantitative estimate of drug-likeness (QED) is 0.704. The average Bonchev–Trinajstić information content (AvgIpc) is 2.25. The maximum absolute atomic E-state index is 11.2. The minimum Gasteiger partial charge on any atom is -0.391 e. The first-order chi connectivity index (χ1) is 7.65. The molecule has 1 heterocycles. The molecular formula is C9H14BrN3O3. The number of nitrogens with zero attached hydrogens (tertiary/aromatic N) is 1. The predicted molar refractivity (Wildman–Crippen MR) is 63.5 cm³/mol. The molecule has 1 aromatic rings. The summed E-state index contributed by atoms with van der Waals surface area (Å²) in [5, 5.41) is 18.3. The van der Waals surface area contributed by atoms with E-state index in [0.717, 1.165) is 0 Å². The van der Waals surface area contributed by atoms with Gasteiger partial charge in [-0.1, -0.05) is 0 Å². The first-order valence-corrected chi connectivity index (χ1v) is 5.58. The van der Waals surface area contributed by atoms with Gasteiger partial charge in [0.05, 0.1) is 24.6 Å². The highest BCUT2D eigenvalue weighted by Gasteiger charge is 2.06. The SMILES string of the molecule is COCC(O)CCNc1cn[nH]c(=O)c1Br. The summed E-state index contributed by atoms with van der Waals surface area (Å²) in [4.78, 5) is 11.2. The topological polar surface area (TPSA) is 87.2 Å². The summed E-state index contributed by atoms with van der Waals surface area (Å²) in [6.45, 7) is 0.838. The first kappa shape index (κ1) is 13.1. The number of aliphatic hydroxyl groups excluding tert-OH is 1. The van der Waals surface area contributed by atoms with Crippen molar-refractivity contribution in [3.8, 4) is 0 Å². The fraction of sp³-hybridized carbons (Fsp3) is 0.556. The lowest BCUT2D eigenvalue weighted by Crippen LogP contribution is -2.19. The number of aromatic nitrogens is 2. The van der Waals surface area contributed by atoms with Gasteiger partial charge in [0.15, 0.2) is 0 Å². The second kappa shape index (κ2) is 6.62. The van der Waals surface area contributed by atoms with E-state index < -0.39 is 6.10 Å². The first-order valence-electron chi connectivity index (χ1n) is 4.79. The van der Waals surface area contributed by atoms with Crippen LogP contribution in [0.4, 0.5) is 5.69 Å². The molecule has 0 amide bonds. The number of methoxy groups -OCH3 is 1. The van der Waals surface area contributed by atoms with E-state index >= 15 is 0 Å². The molecule has 0 fully saturated rings. The van der Waals surface area contributed by atoms with Crippen LogP contribution >= 0.6 is 15.9 Å². The molecule has 0 spiro atoms. The van der Waals surface area contributed by atoms with E-state index in [0.29, 0.717) is 29.7 Å². The Kier molecular flexibility index (Phi) is 5.44. The minimum atomic E-state index is -0.508. The molecule has 1 unspecified atom stereocenters. The zero-order chi connectivity index (χ0) is 12.0. The highest BCUT2D eigenvalue weighted by Crippen LogP contribution is 2.14. The molecule has 0 aliphatic carbocycles. The number of hydrogen-bond acceptors (Lipinski definition) is 5. The smallest absolute Gasteiger partial charge is 0.280 e. The van der Waals surface area contributed by atoms with Crippen LogP contribution in [0.2, 0.25) is 0 Å². The van der Waals surface area contributed by atoms with Gasteiger partial charge in [0, 0.05) is 13.7 Å². The van der Waals surface area contributed by atoms with Gasteiger partial charge in [-0.3, -0.25) is 4.79 Å². The van der Waals surface area contributed by atoms with Crippen LogP contribution in [-0.4, -0.2) is 41.7 Å². The Bertz CT molecular complexity index is 383. The number of rotatable bonds is 6. The Morgan fingerprint density at radius 2 is 2.50 bits per heavy atom. The average molecular weight is 292 g/mol. The number of nitrogens with one attached hydrogen (secondary N) is 2. The van der Waals surface area contributed by atoms with Crippen LogP contribution in [0, 0.1) is 0 Å². The Morgan fingerprint density at radius 3 is 3.19 bits per heavy atom. The third-order valence-electron chi connectivity index (χ3n) is 1.95. The molecule has 0 aromatic carbocycles. The molecule has 6 nitrogen and oxygen atoms in total. The van der Waals surface area contributed by atoms with Crippen molar-refractivity contribution in [3.05, 3.63) is 21.0 Å². The zero-order valence-corrected chi connectivity index (χ0v) is 10.5. The van der Waals surface area contributed by atoms with Gasteiger partial charge in [0.25, 0.3) is 5.56 Å². The number of aromatic amines is 1. The van der Waals surface area contributed by atoms with Crippen LogP contribution in [-0.2, 0) is 4.74 Å². The molecule has 90 valence electrons. The molecule has 7 heteroatoms. The second-order valence-electron chi connectivity index (χ2n) is 3.25. The fourth-order valence-electron chi connectivity index (χ4n) is 1.16. The highest BCUT2D eigenvalue weighted by atomic mass is 79.9. The van der Waals surface area contributed by atoms with E-state index in [1.807, 2.05) is 0 Å². The van der Waals surface area contributed by atoms with Crippen molar-refractivity contribution in [2.45, 2.75) is 12.5 Å². The van der Waals surface area contributed by atoms with Gasteiger partial charge in [0.2, 0.25) is 0 Å². The molecule has 1 rings (SSSR count). The third-order valence-corrected chi connectivity index (χ3v) is 2.73. The van der Waals surface area contributed by atoms with Gasteiger partial charge < -0.3 is 15.2 Å². The lowest BCUT2D eigenvalue weighted by atomic mass is 10.2. The predicted octanol–water partition coefficient (Wildman–Crippen LogP) is 0.342. The molecule has 0 saturated heterocycles. The van der Waals surface area contributed by atoms with Gasteiger partial charge in [-0.25, -0.2) is 5.10 Å². The van der Waals surface area contributed by atoms with Crippen molar-refractivity contribution in [2.75, 3.05) is 25.6 Å². The Balaban J connectivity index is 2.43. The number of halogens is 1. The molecule has 0 aliphatic heterocycles. The van der Waals surface area contributed by atoms with Crippen molar-refractivity contribution in [3.63, 3.8) is 0 Å². The Morgan fingerprint density at radius 1 is 1.75 bits per heavy atom. The van der Waals surface area contributed by atoms with Crippen LogP contribution in [0.5, 0.6) is 0 Å². The van der Waals surface area contributed by atoms with Gasteiger partial charge in [0.1, 0.15) is 4.47 Å². The number of aliphatic hydroxyl groups is 1. The monoisotopic (exact) mass is 291 g/mol. The van der Waals surface area contributed by atoms with Crippen molar-refractivity contribution in [2.24, 2.45) is 0 Å². The zero-order valence-electron chi connectivity index (χ0n) is 8.86. The molecule has 1 aromatic heterocycles. The molecule has 16 heavy (non-hydrogen) atoms. The van der Waals surface area contributed by atoms with Gasteiger partial charge in [-0.2, -0.15) is 5.10 Å². The van der Waals surface area contributed by atoms with E-state index in [9.17, 15) is 9.90 Å². The maximum atomic E-state index is 11.2. The van der Waals surface area contributed by atoms with E-state index in [-0.39, 0.29) is 5.56 Å². The van der Waals surface area contributed by atoms with Gasteiger partial charge in [-0.05, 0) is 22.4 Å². The van der Waals surface area contributed by atoms with Crippen LogP contribution in [0.3, 0.4) is 0 Å². The van der Waals surface area contributed by atoms with Gasteiger partial charge in [-0.15, -0.1) is 0 Å². The molecule has 0 bridgehead atoms. The molecule has 0 aliphatic rings. The van der Waals surface area contributed by atoms with Crippen LogP contribution < -0.4 is 10.9 Å². The molecule has 0 radical (unpaired) electrons. The van der Waals surface area contributed by atoms with Crippen molar-refractivity contribution in [1.82, 2.24) is 10.2 Å². The van der Waals surface area contributed by atoms with Crippen LogP contribution in [0.25, 0.3) is 0 Å². The lowest BCUT2D eigenvalue weighted by Gasteiger charge is -2.11. The molecule has 1 atom stereocenters. The number of anilines is 1. The summed E-state index contributed by atoms with van der Waals surface area (Å²) in [5.74, 6) is 0. The van der Waals surface area contributed by atoms with Crippen molar-refractivity contribution < 1.29 is 9.84 Å². The summed E-state index contributed by atoms with van der Waals surface area (Å²) in [5.41, 5.74) is 0.316. The molecule has 3 N–H and O–H groups in total.